The van der Waals surface area contributed by atoms with Crippen LogP contribution >= 0.6 is 0 Å². The first-order valence-corrected chi connectivity index (χ1v) is 11.9. The van der Waals surface area contributed by atoms with Crippen molar-refractivity contribution in [1.82, 2.24) is 14.5 Å². The molecule has 156 valence electrons. The van der Waals surface area contributed by atoms with Gasteiger partial charge < -0.3 is 10.2 Å². The second-order valence-electron chi connectivity index (χ2n) is 7.89. The van der Waals surface area contributed by atoms with Gasteiger partial charge in [-0.1, -0.05) is 24.3 Å². The van der Waals surface area contributed by atoms with Crippen LogP contribution < -0.4 is 5.32 Å². The van der Waals surface area contributed by atoms with E-state index in [0.29, 0.717) is 44.9 Å². The van der Waals surface area contributed by atoms with Crippen LogP contribution in [0, 0.1) is 11.8 Å². The van der Waals surface area contributed by atoms with Gasteiger partial charge >= 0.3 is 0 Å². The predicted molar refractivity (Wildman–Crippen MR) is 108 cm³/mol. The molecule has 1 aliphatic heterocycles. The summed E-state index contributed by atoms with van der Waals surface area (Å²) in [6.45, 7) is 1.67. The minimum absolute atomic E-state index is 0.0943. The molecule has 3 aliphatic rings. The number of carbonyl (C=O) groups is 2. The number of nitrogens with zero attached hydrogens (tertiary/aromatic N) is 2. The largest absolute Gasteiger partial charge is 0.355 e. The number of allylic oxidation sites excluding steroid dienone is 4. The maximum atomic E-state index is 12.5. The molecule has 1 saturated heterocycles. The standard InChI is InChI=1S/C20H31N3O4S/c24-19(15-17-5-1-2-6-17)21-9-14-28(26,27)23-12-10-22(11-13-23)20(25)16-18-7-3-4-8-18/h1,3,5,7,17-18H,2,4,6,8-16H2,(H,21,24). The zero-order valence-electron chi connectivity index (χ0n) is 16.4. The Kier molecular flexibility index (Phi) is 7.29. The highest BCUT2D eigenvalue weighted by atomic mass is 32.2. The Hall–Kier alpha value is -1.67. The summed E-state index contributed by atoms with van der Waals surface area (Å²) >= 11 is 0. The van der Waals surface area contributed by atoms with E-state index in [9.17, 15) is 18.0 Å². The molecule has 1 N–H and O–H groups in total. The SMILES string of the molecule is O=C(CC1C=CCC1)NCCS(=O)(=O)N1CCN(C(=O)CC2C=CCC2)CC1. The fourth-order valence-electron chi connectivity index (χ4n) is 4.06. The number of piperazine rings is 1. The molecule has 0 aromatic carbocycles. The average Bonchev–Trinajstić information content (AvgIpc) is 3.36. The Morgan fingerprint density at radius 2 is 1.54 bits per heavy atom. The Balaban J connectivity index is 1.36. The quantitative estimate of drug-likeness (QED) is 0.612. The molecule has 3 rings (SSSR count). The second-order valence-corrected chi connectivity index (χ2v) is 9.97. The van der Waals surface area contributed by atoms with Gasteiger partial charge in [0.05, 0.1) is 5.75 Å². The summed E-state index contributed by atoms with van der Waals surface area (Å²) in [5, 5.41) is 2.72. The van der Waals surface area contributed by atoms with Gasteiger partial charge in [-0.05, 0) is 37.5 Å². The van der Waals surface area contributed by atoms with Crippen LogP contribution in [0.2, 0.25) is 0 Å². The van der Waals surface area contributed by atoms with Crippen molar-refractivity contribution in [2.24, 2.45) is 11.8 Å². The molecule has 1 heterocycles. The fourth-order valence-corrected chi connectivity index (χ4v) is 5.40. The first-order chi connectivity index (χ1) is 13.4. The van der Waals surface area contributed by atoms with Gasteiger partial charge in [-0.2, -0.15) is 4.31 Å². The zero-order chi connectivity index (χ0) is 20.0. The Morgan fingerprint density at radius 3 is 2.11 bits per heavy atom. The summed E-state index contributed by atoms with van der Waals surface area (Å²) < 4.78 is 26.5. The van der Waals surface area contributed by atoms with Crippen molar-refractivity contribution in [2.45, 2.75) is 38.5 Å². The van der Waals surface area contributed by atoms with Crippen molar-refractivity contribution in [3.8, 4) is 0 Å². The van der Waals surface area contributed by atoms with E-state index >= 15 is 0 Å². The van der Waals surface area contributed by atoms with Crippen LogP contribution in [0.25, 0.3) is 0 Å². The van der Waals surface area contributed by atoms with Crippen LogP contribution in [0.15, 0.2) is 24.3 Å². The summed E-state index contributed by atoms with van der Waals surface area (Å²) in [5.74, 6) is 0.532. The molecule has 2 amide bonds. The van der Waals surface area contributed by atoms with Crippen LogP contribution in [0.4, 0.5) is 0 Å². The summed E-state index contributed by atoms with van der Waals surface area (Å²) in [7, 11) is -3.42. The lowest BCUT2D eigenvalue weighted by atomic mass is 10.0. The number of hydrogen-bond donors (Lipinski definition) is 1. The van der Waals surface area contributed by atoms with E-state index in [2.05, 4.69) is 29.6 Å². The van der Waals surface area contributed by atoms with E-state index in [4.69, 9.17) is 0 Å². The van der Waals surface area contributed by atoms with Gasteiger partial charge in [0.25, 0.3) is 0 Å². The molecule has 0 saturated carbocycles. The zero-order valence-corrected chi connectivity index (χ0v) is 17.2. The van der Waals surface area contributed by atoms with Crippen LogP contribution in [0.3, 0.4) is 0 Å². The van der Waals surface area contributed by atoms with E-state index in [-0.39, 0.29) is 30.0 Å². The van der Waals surface area contributed by atoms with Gasteiger partial charge in [0, 0.05) is 45.6 Å². The fraction of sp³-hybridized carbons (Fsp3) is 0.700. The lowest BCUT2D eigenvalue weighted by Crippen LogP contribution is -2.51. The van der Waals surface area contributed by atoms with Gasteiger partial charge in [0.2, 0.25) is 21.8 Å². The molecule has 0 aromatic rings. The molecular formula is C20H31N3O4S. The first-order valence-electron chi connectivity index (χ1n) is 10.3. The highest BCUT2D eigenvalue weighted by molar-refractivity contribution is 7.89. The second kappa shape index (κ2) is 9.69. The number of nitrogens with one attached hydrogen (secondary N) is 1. The molecule has 0 spiro atoms. The van der Waals surface area contributed by atoms with Crippen LogP contribution in [-0.4, -0.2) is 67.9 Å². The number of rotatable bonds is 8. The molecule has 0 bridgehead atoms. The van der Waals surface area contributed by atoms with E-state index in [1.54, 1.807) is 4.90 Å². The minimum Gasteiger partial charge on any atom is -0.355 e. The van der Waals surface area contributed by atoms with Gasteiger partial charge in [-0.3, -0.25) is 9.59 Å². The number of carbonyl (C=O) groups excluding carboxylic acids is 2. The smallest absolute Gasteiger partial charge is 0.223 e. The molecule has 2 atom stereocenters. The van der Waals surface area contributed by atoms with Crippen LogP contribution in [-0.2, 0) is 19.6 Å². The monoisotopic (exact) mass is 409 g/mol. The molecule has 28 heavy (non-hydrogen) atoms. The van der Waals surface area contributed by atoms with Gasteiger partial charge in [0.1, 0.15) is 0 Å². The highest BCUT2D eigenvalue weighted by Crippen LogP contribution is 2.22. The van der Waals surface area contributed by atoms with Crippen LogP contribution in [0.1, 0.15) is 38.5 Å². The van der Waals surface area contributed by atoms with Gasteiger partial charge in [-0.25, -0.2) is 8.42 Å². The molecule has 7 nitrogen and oxygen atoms in total. The summed E-state index contributed by atoms with van der Waals surface area (Å²) in [6, 6.07) is 0. The lowest BCUT2D eigenvalue weighted by molar-refractivity contribution is -0.133. The maximum absolute atomic E-state index is 12.5. The number of amides is 2. The molecular weight excluding hydrogens is 378 g/mol. The number of hydrogen-bond acceptors (Lipinski definition) is 4. The molecule has 0 radical (unpaired) electrons. The van der Waals surface area contributed by atoms with E-state index < -0.39 is 10.0 Å². The van der Waals surface area contributed by atoms with Crippen molar-refractivity contribution in [1.29, 1.82) is 0 Å². The average molecular weight is 410 g/mol. The third-order valence-corrected chi connectivity index (χ3v) is 7.65. The van der Waals surface area contributed by atoms with Crippen LogP contribution in [0.5, 0.6) is 0 Å². The van der Waals surface area contributed by atoms with Gasteiger partial charge in [-0.15, -0.1) is 0 Å². The molecule has 2 unspecified atom stereocenters. The first kappa shape index (κ1) is 21.0. The third kappa shape index (κ3) is 5.91. The van der Waals surface area contributed by atoms with E-state index in [0.717, 1.165) is 25.7 Å². The topological polar surface area (TPSA) is 86.8 Å². The Labute approximate surface area is 167 Å². The Bertz CT molecular complexity index is 724. The summed E-state index contributed by atoms with van der Waals surface area (Å²) in [6.07, 6.45) is 13.4. The van der Waals surface area contributed by atoms with Crippen molar-refractivity contribution in [3.63, 3.8) is 0 Å². The lowest BCUT2D eigenvalue weighted by Gasteiger charge is -2.34. The molecule has 2 aliphatic carbocycles. The Morgan fingerprint density at radius 1 is 0.929 bits per heavy atom. The van der Waals surface area contributed by atoms with Crippen molar-refractivity contribution in [2.75, 3.05) is 38.5 Å². The van der Waals surface area contributed by atoms with Crippen molar-refractivity contribution < 1.29 is 18.0 Å². The summed E-state index contributed by atoms with van der Waals surface area (Å²) in [4.78, 5) is 26.1. The third-order valence-electron chi connectivity index (χ3n) is 5.78. The molecule has 1 fully saturated rings. The van der Waals surface area contributed by atoms with Crippen molar-refractivity contribution in [3.05, 3.63) is 24.3 Å². The minimum atomic E-state index is -3.42. The molecule has 0 aromatic heterocycles. The van der Waals surface area contributed by atoms with E-state index in [1.165, 1.54) is 4.31 Å². The maximum Gasteiger partial charge on any atom is 0.223 e. The normalized spacial score (nSPS) is 25.4. The van der Waals surface area contributed by atoms with Crippen molar-refractivity contribution >= 4 is 21.8 Å². The summed E-state index contributed by atoms with van der Waals surface area (Å²) in [5.41, 5.74) is 0. The number of sulfonamides is 1. The molecule has 8 heteroatoms. The van der Waals surface area contributed by atoms with E-state index in [1.807, 2.05) is 0 Å². The highest BCUT2D eigenvalue weighted by Gasteiger charge is 2.29. The van der Waals surface area contributed by atoms with Gasteiger partial charge in [0.15, 0.2) is 0 Å². The predicted octanol–water partition coefficient (Wildman–Crippen LogP) is 1.29.